The number of aromatic nitrogens is 4. The molecule has 0 bridgehead atoms. The van der Waals surface area contributed by atoms with Crippen LogP contribution in [0, 0.1) is 5.41 Å². The predicted molar refractivity (Wildman–Crippen MR) is 159 cm³/mol. The van der Waals surface area contributed by atoms with Gasteiger partial charge >= 0.3 is 0 Å². The topological polar surface area (TPSA) is 104 Å². The Labute approximate surface area is 245 Å². The van der Waals surface area contributed by atoms with Crippen molar-refractivity contribution in [3.05, 3.63) is 93.7 Å². The van der Waals surface area contributed by atoms with E-state index in [1.807, 2.05) is 30.6 Å². The first-order valence-corrected chi connectivity index (χ1v) is 15.4. The largest absolute Gasteiger partial charge is 0.392 e. The molecule has 2 saturated heterocycles. The number of imidazole rings is 2. The number of carbonyl (C=O) groups is 1. The van der Waals surface area contributed by atoms with Crippen LogP contribution in [0.15, 0.2) is 60.5 Å². The van der Waals surface area contributed by atoms with E-state index in [1.54, 1.807) is 23.7 Å². The van der Waals surface area contributed by atoms with Gasteiger partial charge in [-0.2, -0.15) is 0 Å². The molecule has 4 aromatic rings. The van der Waals surface area contributed by atoms with Crippen LogP contribution in [0.25, 0.3) is 0 Å². The Bertz CT molecular complexity index is 1340. The number of carbonyl (C=O) groups excluding carboxylic acids is 1. The van der Waals surface area contributed by atoms with Crippen LogP contribution in [0.1, 0.15) is 63.7 Å². The van der Waals surface area contributed by atoms with E-state index in [4.69, 9.17) is 0 Å². The molecule has 1 spiro atoms. The lowest BCUT2D eigenvalue weighted by Gasteiger charge is -2.47. The summed E-state index contributed by atoms with van der Waals surface area (Å²) in [7, 11) is 0. The number of hydrogen-bond donors (Lipinski definition) is 3. The van der Waals surface area contributed by atoms with E-state index in [2.05, 4.69) is 52.1 Å². The van der Waals surface area contributed by atoms with E-state index in [-0.39, 0.29) is 17.9 Å². The summed E-state index contributed by atoms with van der Waals surface area (Å²) < 4.78 is 0. The Morgan fingerprint density at radius 2 is 1.66 bits per heavy atom. The monoisotopic (exact) mass is 573 g/mol. The average Bonchev–Trinajstić information content (AvgIpc) is 3.79. The summed E-state index contributed by atoms with van der Waals surface area (Å²) in [4.78, 5) is 36.9. The number of benzene rings is 1. The molecule has 0 aliphatic carbocycles. The average molecular weight is 574 g/mol. The zero-order valence-corrected chi connectivity index (χ0v) is 24.3. The molecule has 9 nitrogen and oxygen atoms in total. The number of likely N-dealkylation sites (tertiary alicyclic amines) is 2. The van der Waals surface area contributed by atoms with Crippen molar-refractivity contribution in [2.45, 2.75) is 58.5 Å². The van der Waals surface area contributed by atoms with E-state index < -0.39 is 0 Å². The molecule has 1 amide bonds. The van der Waals surface area contributed by atoms with Gasteiger partial charge < -0.3 is 20.0 Å². The molecule has 0 saturated carbocycles. The molecule has 5 heterocycles. The van der Waals surface area contributed by atoms with Crippen molar-refractivity contribution < 1.29 is 9.90 Å². The summed E-state index contributed by atoms with van der Waals surface area (Å²) in [6.45, 7) is 6.89. The minimum absolute atomic E-state index is 0.114. The van der Waals surface area contributed by atoms with E-state index in [9.17, 15) is 9.90 Å². The Kier molecular flexibility index (Phi) is 8.62. The van der Waals surface area contributed by atoms with Crippen LogP contribution < -0.4 is 0 Å². The van der Waals surface area contributed by atoms with Gasteiger partial charge in [0.2, 0.25) is 0 Å². The van der Waals surface area contributed by atoms with Crippen molar-refractivity contribution in [1.29, 1.82) is 0 Å². The quantitative estimate of drug-likeness (QED) is 0.260. The predicted octanol–water partition coefficient (Wildman–Crippen LogP) is 4.41. The van der Waals surface area contributed by atoms with Gasteiger partial charge in [0.25, 0.3) is 5.91 Å². The fourth-order valence-electron chi connectivity index (χ4n) is 6.38. The van der Waals surface area contributed by atoms with Gasteiger partial charge in [0.05, 0.1) is 19.7 Å². The highest BCUT2D eigenvalue weighted by Gasteiger charge is 2.39. The van der Waals surface area contributed by atoms with Crippen molar-refractivity contribution in [2.75, 3.05) is 26.2 Å². The molecule has 2 aliphatic rings. The molecule has 0 atom stereocenters. The van der Waals surface area contributed by atoms with Gasteiger partial charge in [-0.15, -0.1) is 11.3 Å². The first kappa shape index (κ1) is 27.8. The van der Waals surface area contributed by atoms with Gasteiger partial charge in [-0.25, -0.2) is 9.97 Å². The fourth-order valence-corrected chi connectivity index (χ4v) is 7.32. The van der Waals surface area contributed by atoms with E-state index in [0.29, 0.717) is 13.1 Å². The van der Waals surface area contributed by atoms with Gasteiger partial charge in [-0.05, 0) is 78.9 Å². The molecule has 3 aromatic heterocycles. The third-order valence-corrected chi connectivity index (χ3v) is 9.65. The standard InChI is InChI=1S/C31H39N7O2S/c39-22-26-6-17-41-27(26)19-36-15-8-31(9-16-36)7-1-14-38(23-31)30(40)25-4-2-24(3-5-25)18-37(20-28-32-10-11-33-28)21-29-34-12-13-35-29/h2-6,10-13,17,39H,1,7-9,14-16,18-23H2,(H,32,33)(H,34,35). The lowest BCUT2D eigenvalue weighted by molar-refractivity contribution is 0.0199. The van der Waals surface area contributed by atoms with Gasteiger partial charge in [0.15, 0.2) is 0 Å². The number of thiophene rings is 1. The number of aliphatic hydroxyl groups is 1. The summed E-state index contributed by atoms with van der Waals surface area (Å²) in [6, 6.07) is 10.2. The number of amides is 1. The summed E-state index contributed by atoms with van der Waals surface area (Å²) in [6.07, 6.45) is 11.7. The highest BCUT2D eigenvalue weighted by Crippen LogP contribution is 2.40. The van der Waals surface area contributed by atoms with Crippen molar-refractivity contribution in [3.8, 4) is 0 Å². The maximum Gasteiger partial charge on any atom is 0.253 e. The number of aromatic amines is 2. The number of nitrogens with zero attached hydrogens (tertiary/aromatic N) is 5. The van der Waals surface area contributed by atoms with Crippen LogP contribution in [-0.4, -0.2) is 71.8 Å². The van der Waals surface area contributed by atoms with Crippen LogP contribution in [0.2, 0.25) is 0 Å². The van der Waals surface area contributed by atoms with Crippen molar-refractivity contribution >= 4 is 17.2 Å². The molecule has 41 heavy (non-hydrogen) atoms. The Hall–Kier alpha value is -3.31. The number of rotatable bonds is 10. The second kappa shape index (κ2) is 12.7. The van der Waals surface area contributed by atoms with Crippen LogP contribution in [-0.2, 0) is 32.8 Å². The molecule has 10 heteroatoms. The number of hydrogen-bond acceptors (Lipinski definition) is 7. The van der Waals surface area contributed by atoms with Gasteiger partial charge in [-0.1, -0.05) is 12.1 Å². The molecule has 3 N–H and O–H groups in total. The van der Waals surface area contributed by atoms with E-state index >= 15 is 0 Å². The van der Waals surface area contributed by atoms with Crippen molar-refractivity contribution in [3.63, 3.8) is 0 Å². The molecular formula is C31H39N7O2S. The lowest BCUT2D eigenvalue weighted by atomic mass is 9.72. The molecule has 2 fully saturated rings. The van der Waals surface area contributed by atoms with Crippen LogP contribution in [0.4, 0.5) is 0 Å². The lowest BCUT2D eigenvalue weighted by Crippen LogP contribution is -2.51. The minimum Gasteiger partial charge on any atom is -0.392 e. The van der Waals surface area contributed by atoms with E-state index in [0.717, 1.165) is 86.9 Å². The van der Waals surface area contributed by atoms with Crippen LogP contribution in [0.5, 0.6) is 0 Å². The van der Waals surface area contributed by atoms with Crippen molar-refractivity contribution in [1.82, 2.24) is 34.6 Å². The second-order valence-electron chi connectivity index (χ2n) is 11.5. The molecule has 1 aromatic carbocycles. The maximum absolute atomic E-state index is 13.6. The molecule has 0 radical (unpaired) electrons. The smallest absolute Gasteiger partial charge is 0.253 e. The van der Waals surface area contributed by atoms with Gasteiger partial charge in [0.1, 0.15) is 11.6 Å². The zero-order chi connectivity index (χ0) is 28.1. The Morgan fingerprint density at radius 1 is 0.951 bits per heavy atom. The molecule has 0 unspecified atom stereocenters. The Morgan fingerprint density at radius 3 is 2.29 bits per heavy atom. The van der Waals surface area contributed by atoms with Crippen LogP contribution in [0.3, 0.4) is 0 Å². The van der Waals surface area contributed by atoms with E-state index in [1.165, 1.54) is 11.3 Å². The summed E-state index contributed by atoms with van der Waals surface area (Å²) >= 11 is 1.74. The third-order valence-electron chi connectivity index (χ3n) is 8.70. The number of aliphatic hydroxyl groups excluding tert-OH is 1. The third kappa shape index (κ3) is 6.78. The molecule has 2 aliphatic heterocycles. The van der Waals surface area contributed by atoms with Gasteiger partial charge in [-0.3, -0.25) is 14.6 Å². The maximum atomic E-state index is 13.6. The Balaban J connectivity index is 1.05. The number of nitrogens with one attached hydrogen (secondary N) is 2. The fraction of sp³-hybridized carbons (Fsp3) is 0.452. The first-order valence-electron chi connectivity index (χ1n) is 14.5. The molecule has 216 valence electrons. The second-order valence-corrected chi connectivity index (χ2v) is 12.5. The normalized spacial score (nSPS) is 17.5. The highest BCUT2D eigenvalue weighted by molar-refractivity contribution is 7.10. The zero-order valence-electron chi connectivity index (χ0n) is 23.5. The van der Waals surface area contributed by atoms with Crippen molar-refractivity contribution in [2.24, 2.45) is 5.41 Å². The van der Waals surface area contributed by atoms with Crippen LogP contribution >= 0.6 is 11.3 Å². The molecule has 6 rings (SSSR count). The summed E-state index contributed by atoms with van der Waals surface area (Å²) in [5.74, 6) is 1.97. The first-order chi connectivity index (χ1) is 20.1. The minimum atomic E-state index is 0.114. The molecular weight excluding hydrogens is 534 g/mol. The van der Waals surface area contributed by atoms with Gasteiger partial charge in [0, 0.05) is 61.4 Å². The number of H-pyrrole nitrogens is 2. The highest BCUT2D eigenvalue weighted by atomic mass is 32.1. The summed E-state index contributed by atoms with van der Waals surface area (Å²) in [5.41, 5.74) is 3.19. The SMILES string of the molecule is O=C(c1ccc(CN(Cc2ncc[nH]2)Cc2ncc[nH]2)cc1)N1CCCC2(CCN(Cc3sccc3CO)CC2)C1. The summed E-state index contributed by atoms with van der Waals surface area (Å²) in [5, 5.41) is 11.7. The number of piperidine rings is 2.